The fourth-order valence-electron chi connectivity index (χ4n) is 1.49. The zero-order chi connectivity index (χ0) is 11.6. The number of halogens is 4. The molecule has 0 saturated heterocycles. The molecule has 1 aliphatic heterocycles. The van der Waals surface area contributed by atoms with Gasteiger partial charge in [-0.3, -0.25) is 0 Å². The van der Waals surface area contributed by atoms with E-state index in [2.05, 4.69) is 47.7 Å². The standard InChI is InChI=1S/C9H10BrP.3ClH.Zr/c1-6-3-7-5-9(10)11(2)8(7)4-6;;;;/h3-5,11H,1-2H3;3*1H;/q;;;;+3/p-3. The molecule has 0 N–H and O–H groups in total. The van der Waals surface area contributed by atoms with E-state index >= 15 is 0 Å². The van der Waals surface area contributed by atoms with Crippen molar-refractivity contribution in [3.8, 4) is 0 Å². The van der Waals surface area contributed by atoms with Crippen LogP contribution in [0.25, 0.3) is 0 Å². The van der Waals surface area contributed by atoms with Crippen LogP contribution in [0.5, 0.6) is 0 Å². The van der Waals surface area contributed by atoms with Crippen molar-refractivity contribution in [1.82, 2.24) is 0 Å². The molecule has 0 aromatic heterocycles. The monoisotopic (exact) mass is 423 g/mol. The molecular formula is C9H10BrCl3PZr. The summed E-state index contributed by atoms with van der Waals surface area (Å²) in [5, 5.41) is 1.57. The SMILES string of the molecule is CC1=CC2=CC(Br)=[PH](C)C2=C1.[Cl][Zr]([Cl])[Cl]. The Kier molecular flexibility index (Phi) is 6.54. The van der Waals surface area contributed by atoms with E-state index in [1.54, 1.807) is 5.31 Å². The molecule has 15 heavy (non-hydrogen) atoms. The second-order valence-corrected chi connectivity index (χ2v) is 18.3. The van der Waals surface area contributed by atoms with Crippen LogP contribution in [0.4, 0.5) is 0 Å². The molecule has 0 saturated carbocycles. The van der Waals surface area contributed by atoms with Crippen LogP contribution in [0.3, 0.4) is 0 Å². The summed E-state index contributed by atoms with van der Waals surface area (Å²) >= 11 is 1.47. The van der Waals surface area contributed by atoms with Gasteiger partial charge in [-0.25, -0.2) is 0 Å². The Hall–Kier alpha value is 1.75. The number of hydrogen-bond acceptors (Lipinski definition) is 0. The minimum absolute atomic E-state index is 0.393. The van der Waals surface area contributed by atoms with Gasteiger partial charge in [-0.15, -0.1) is 0 Å². The van der Waals surface area contributed by atoms with Gasteiger partial charge in [-0.2, -0.15) is 0 Å². The van der Waals surface area contributed by atoms with E-state index in [-0.39, 0.29) is 0 Å². The Labute approximate surface area is 118 Å². The second kappa shape index (κ2) is 6.62. The molecular weight excluding hydrogens is 417 g/mol. The Balaban J connectivity index is 0.000000245. The second-order valence-electron chi connectivity index (χ2n) is 3.23. The summed E-state index contributed by atoms with van der Waals surface area (Å²) in [5.74, 6) is 0. The van der Waals surface area contributed by atoms with Crippen LogP contribution < -0.4 is 0 Å². The molecule has 6 heteroatoms. The van der Waals surface area contributed by atoms with Gasteiger partial charge in [-0.05, 0) is 36.1 Å². The number of allylic oxidation sites excluding steroid dienone is 6. The van der Waals surface area contributed by atoms with E-state index in [0.29, 0.717) is 0 Å². The molecule has 0 amide bonds. The van der Waals surface area contributed by atoms with Crippen LogP contribution in [0.2, 0.25) is 0 Å². The van der Waals surface area contributed by atoms with E-state index in [1.165, 1.54) is 15.3 Å². The summed E-state index contributed by atoms with van der Waals surface area (Å²) < 4.78 is 1.41. The summed E-state index contributed by atoms with van der Waals surface area (Å²) in [6, 6.07) is 0. The molecule has 2 aliphatic rings. The van der Waals surface area contributed by atoms with Crippen LogP contribution in [0.15, 0.2) is 34.7 Å². The molecule has 0 radical (unpaired) electrons. The van der Waals surface area contributed by atoms with Crippen molar-refractivity contribution in [2.24, 2.45) is 0 Å². The summed E-state index contributed by atoms with van der Waals surface area (Å²) in [6.45, 7) is 4.49. The van der Waals surface area contributed by atoms with Gasteiger partial charge in [-0.1, -0.05) is 35.6 Å². The van der Waals surface area contributed by atoms with Crippen LogP contribution in [0.1, 0.15) is 6.92 Å². The van der Waals surface area contributed by atoms with Gasteiger partial charge in [0.15, 0.2) is 0 Å². The van der Waals surface area contributed by atoms with Crippen LogP contribution in [-0.4, -0.2) is 10.9 Å². The summed E-state index contributed by atoms with van der Waals surface area (Å²) in [4.78, 5) is 0. The molecule has 0 spiro atoms. The van der Waals surface area contributed by atoms with Crippen molar-refractivity contribution >= 4 is 53.2 Å². The summed E-state index contributed by atoms with van der Waals surface area (Å²) in [6.07, 6.45) is 6.84. The van der Waals surface area contributed by atoms with Crippen LogP contribution in [0, 0.1) is 0 Å². The Bertz CT molecular complexity index is 393. The van der Waals surface area contributed by atoms with Gasteiger partial charge in [0, 0.05) is 4.20 Å². The summed E-state index contributed by atoms with van der Waals surface area (Å²) in [5.41, 5.74) is 2.83. The third-order valence-electron chi connectivity index (χ3n) is 2.11. The van der Waals surface area contributed by atoms with E-state index in [9.17, 15) is 0 Å². The van der Waals surface area contributed by atoms with Crippen molar-refractivity contribution in [2.45, 2.75) is 6.92 Å². The van der Waals surface area contributed by atoms with E-state index in [4.69, 9.17) is 25.5 Å². The third kappa shape index (κ3) is 4.49. The van der Waals surface area contributed by atoms with Crippen molar-refractivity contribution in [3.05, 3.63) is 34.7 Å². The molecule has 0 aromatic rings. The maximum absolute atomic E-state index is 5.00. The molecule has 0 bridgehead atoms. The van der Waals surface area contributed by atoms with Crippen LogP contribution in [-0.2, 0) is 18.2 Å². The van der Waals surface area contributed by atoms with E-state index in [1.807, 2.05) is 0 Å². The van der Waals surface area contributed by atoms with Gasteiger partial charge >= 0.3 is 43.7 Å². The minimum atomic E-state index is -2.13. The van der Waals surface area contributed by atoms with Gasteiger partial charge in [0.05, 0.1) is 0 Å². The van der Waals surface area contributed by atoms with Crippen molar-refractivity contribution < 1.29 is 18.2 Å². The first kappa shape index (κ1) is 14.8. The fraction of sp³-hybridized carbons (Fsp3) is 0.222. The van der Waals surface area contributed by atoms with E-state index < -0.39 is 25.7 Å². The first-order chi connectivity index (χ1) is 6.91. The number of fused-ring (bicyclic) bond motifs is 1. The summed E-state index contributed by atoms with van der Waals surface area (Å²) in [7, 11) is 14.6. The first-order valence-electron chi connectivity index (χ1n) is 4.24. The molecule has 2 rings (SSSR count). The van der Waals surface area contributed by atoms with Crippen molar-refractivity contribution in [2.75, 3.05) is 6.66 Å². The molecule has 0 fully saturated rings. The predicted molar refractivity (Wildman–Crippen MR) is 75.7 cm³/mol. The fourth-order valence-corrected chi connectivity index (χ4v) is 4.03. The molecule has 1 heterocycles. The van der Waals surface area contributed by atoms with Gasteiger partial charge in [0.1, 0.15) is 0 Å². The average Bonchev–Trinajstić information content (AvgIpc) is 2.53. The molecule has 0 aromatic carbocycles. The molecule has 0 nitrogen and oxygen atoms in total. The predicted octanol–water partition coefficient (Wildman–Crippen LogP) is 5.21. The van der Waals surface area contributed by atoms with Gasteiger partial charge in [0.2, 0.25) is 0 Å². The number of rotatable bonds is 0. The molecule has 1 atom stereocenters. The van der Waals surface area contributed by atoms with Crippen molar-refractivity contribution in [3.63, 3.8) is 0 Å². The number of hydrogen-bond donors (Lipinski definition) is 0. The zero-order valence-corrected chi connectivity index (χ0v) is 15.6. The molecule has 1 unspecified atom stereocenters. The topological polar surface area (TPSA) is 0 Å². The Morgan fingerprint density at radius 3 is 2.20 bits per heavy atom. The van der Waals surface area contributed by atoms with Crippen LogP contribution >= 0.6 is 49.0 Å². The van der Waals surface area contributed by atoms with Gasteiger partial charge < -0.3 is 0 Å². The third-order valence-corrected chi connectivity index (χ3v) is 6.23. The van der Waals surface area contributed by atoms with Crippen molar-refractivity contribution in [1.29, 1.82) is 0 Å². The normalized spacial score (nSPS) is 22.4. The average molecular weight is 427 g/mol. The molecule has 1 aliphatic carbocycles. The Morgan fingerprint density at radius 1 is 1.20 bits per heavy atom. The van der Waals surface area contributed by atoms with Gasteiger partial charge in [0.25, 0.3) is 0 Å². The Morgan fingerprint density at radius 2 is 1.73 bits per heavy atom. The quantitative estimate of drug-likeness (QED) is 0.467. The zero-order valence-electron chi connectivity index (χ0n) is 8.24. The maximum atomic E-state index is 5.00. The van der Waals surface area contributed by atoms with E-state index in [0.717, 1.165) is 0 Å². The molecule has 83 valence electrons. The first-order valence-corrected chi connectivity index (χ1v) is 16.5.